The van der Waals surface area contributed by atoms with Gasteiger partial charge >= 0.3 is 6.09 Å². The molecule has 0 spiro atoms. The van der Waals surface area contributed by atoms with Crippen LogP contribution < -0.4 is 5.32 Å². The highest BCUT2D eigenvalue weighted by atomic mass is 35.5. The zero-order valence-electron chi connectivity index (χ0n) is 11.9. The van der Waals surface area contributed by atoms with Crippen molar-refractivity contribution in [2.45, 2.75) is 38.2 Å². The molecule has 21 heavy (non-hydrogen) atoms. The molecule has 0 unspecified atom stereocenters. The highest BCUT2D eigenvalue weighted by molar-refractivity contribution is 6.30. The lowest BCUT2D eigenvalue weighted by molar-refractivity contribution is 0.0431. The van der Waals surface area contributed by atoms with Crippen molar-refractivity contribution in [3.63, 3.8) is 0 Å². The molecule has 1 amide bonds. The van der Waals surface area contributed by atoms with Gasteiger partial charge in [0.05, 0.1) is 0 Å². The molecule has 1 aromatic carbocycles. The Labute approximate surface area is 130 Å². The van der Waals surface area contributed by atoms with Crippen molar-refractivity contribution in [1.29, 1.82) is 0 Å². The molecule has 0 radical (unpaired) electrons. The van der Waals surface area contributed by atoms with Gasteiger partial charge in [-0.15, -0.1) is 0 Å². The molecule has 3 aliphatic carbocycles. The molecular formula is C17H20ClNO2. The molecular weight excluding hydrogens is 286 g/mol. The number of benzene rings is 1. The molecule has 0 aliphatic heterocycles. The molecule has 0 aromatic heterocycles. The Morgan fingerprint density at radius 2 is 2.05 bits per heavy atom. The maximum atomic E-state index is 12.1. The summed E-state index contributed by atoms with van der Waals surface area (Å²) in [5.41, 5.74) is 0.689. The molecule has 1 aromatic rings. The molecule has 4 rings (SSSR count). The summed E-state index contributed by atoms with van der Waals surface area (Å²) in [6.45, 7) is 0. The van der Waals surface area contributed by atoms with Crippen LogP contribution in [0.5, 0.6) is 0 Å². The first-order chi connectivity index (χ1) is 10.2. The maximum Gasteiger partial charge on any atom is 0.411 e. The SMILES string of the molecule is O=C(Nc1cccc(Cl)c1)O[C@@H]1C[C@@H]2C[C@@H]1[C@@H]1CCC[C@@H]21. The number of anilines is 1. The Morgan fingerprint density at radius 1 is 1.19 bits per heavy atom. The fraction of sp³-hybridized carbons (Fsp3) is 0.588. The molecule has 3 saturated carbocycles. The van der Waals surface area contributed by atoms with Crippen molar-refractivity contribution < 1.29 is 9.53 Å². The van der Waals surface area contributed by atoms with E-state index in [2.05, 4.69) is 5.32 Å². The second kappa shape index (κ2) is 5.20. The van der Waals surface area contributed by atoms with E-state index in [0.717, 1.165) is 24.2 Å². The smallest absolute Gasteiger partial charge is 0.411 e. The van der Waals surface area contributed by atoms with E-state index in [-0.39, 0.29) is 12.2 Å². The third-order valence-corrected chi connectivity index (χ3v) is 5.93. The van der Waals surface area contributed by atoms with Crippen LogP contribution in [0.2, 0.25) is 5.02 Å². The summed E-state index contributed by atoms with van der Waals surface area (Å²) in [6, 6.07) is 7.16. The fourth-order valence-corrected chi connectivity index (χ4v) is 5.18. The number of rotatable bonds is 2. The van der Waals surface area contributed by atoms with Crippen LogP contribution in [0.15, 0.2) is 24.3 Å². The van der Waals surface area contributed by atoms with Crippen LogP contribution in [-0.2, 0) is 4.74 Å². The first kappa shape index (κ1) is 13.4. The molecule has 0 heterocycles. The van der Waals surface area contributed by atoms with Crippen molar-refractivity contribution in [2.75, 3.05) is 5.32 Å². The van der Waals surface area contributed by atoms with Crippen LogP contribution in [0.25, 0.3) is 0 Å². The van der Waals surface area contributed by atoms with Gasteiger partial charge in [0.2, 0.25) is 0 Å². The summed E-state index contributed by atoms with van der Waals surface area (Å²) < 4.78 is 5.70. The van der Waals surface area contributed by atoms with Crippen LogP contribution in [0, 0.1) is 23.7 Å². The summed E-state index contributed by atoms with van der Waals surface area (Å²) in [6.07, 6.45) is 6.20. The van der Waals surface area contributed by atoms with E-state index < -0.39 is 0 Å². The molecule has 1 N–H and O–H groups in total. The third kappa shape index (κ3) is 2.42. The van der Waals surface area contributed by atoms with Gasteiger partial charge in [0.25, 0.3) is 0 Å². The number of carbonyl (C=O) groups excluding carboxylic acids is 1. The summed E-state index contributed by atoms with van der Waals surface area (Å²) >= 11 is 5.92. The Morgan fingerprint density at radius 3 is 2.90 bits per heavy atom. The Hall–Kier alpha value is -1.22. The Bertz CT molecular complexity index is 561. The van der Waals surface area contributed by atoms with Gasteiger partial charge in [-0.3, -0.25) is 5.32 Å². The lowest BCUT2D eigenvalue weighted by atomic mass is 9.80. The van der Waals surface area contributed by atoms with Gasteiger partial charge in [0.15, 0.2) is 0 Å². The molecule has 0 saturated heterocycles. The lowest BCUT2D eigenvalue weighted by Gasteiger charge is -2.31. The van der Waals surface area contributed by atoms with Crippen LogP contribution in [0.1, 0.15) is 32.1 Å². The minimum absolute atomic E-state index is 0.119. The zero-order chi connectivity index (χ0) is 14.4. The number of fused-ring (bicyclic) bond motifs is 5. The van der Waals surface area contributed by atoms with Crippen LogP contribution >= 0.6 is 11.6 Å². The van der Waals surface area contributed by atoms with Crippen molar-refractivity contribution >= 4 is 23.4 Å². The first-order valence-electron chi connectivity index (χ1n) is 7.94. The average molecular weight is 306 g/mol. The van der Waals surface area contributed by atoms with Gasteiger partial charge in [-0.05, 0) is 67.6 Å². The van der Waals surface area contributed by atoms with Gasteiger partial charge in [-0.1, -0.05) is 24.1 Å². The van der Waals surface area contributed by atoms with Crippen molar-refractivity contribution in [3.8, 4) is 0 Å². The number of hydrogen-bond donors (Lipinski definition) is 1. The number of ether oxygens (including phenoxy) is 1. The number of carbonyl (C=O) groups is 1. The Balaban J connectivity index is 1.37. The van der Waals surface area contributed by atoms with Gasteiger partial charge in [0, 0.05) is 10.7 Å². The minimum Gasteiger partial charge on any atom is -0.446 e. The summed E-state index contributed by atoms with van der Waals surface area (Å²) in [5.74, 6) is 3.14. The first-order valence-corrected chi connectivity index (χ1v) is 8.32. The quantitative estimate of drug-likeness (QED) is 0.859. The number of halogens is 1. The highest BCUT2D eigenvalue weighted by Gasteiger charge is 2.55. The summed E-state index contributed by atoms with van der Waals surface area (Å²) in [4.78, 5) is 12.1. The van der Waals surface area contributed by atoms with Crippen molar-refractivity contribution in [1.82, 2.24) is 0 Å². The summed E-state index contributed by atoms with van der Waals surface area (Å²) in [5, 5.41) is 3.40. The average Bonchev–Trinajstić information content (AvgIpc) is 3.09. The predicted molar refractivity (Wildman–Crippen MR) is 82.4 cm³/mol. The van der Waals surface area contributed by atoms with E-state index in [1.54, 1.807) is 12.1 Å². The largest absolute Gasteiger partial charge is 0.446 e. The van der Waals surface area contributed by atoms with Crippen LogP contribution in [-0.4, -0.2) is 12.2 Å². The fourth-order valence-electron chi connectivity index (χ4n) is 4.99. The van der Waals surface area contributed by atoms with E-state index in [0.29, 0.717) is 16.6 Å². The Kier molecular flexibility index (Phi) is 3.33. The zero-order valence-corrected chi connectivity index (χ0v) is 12.7. The second-order valence-corrected chi connectivity index (χ2v) is 7.17. The molecule has 3 fully saturated rings. The van der Waals surface area contributed by atoms with E-state index >= 15 is 0 Å². The third-order valence-electron chi connectivity index (χ3n) is 5.70. The molecule has 112 valence electrons. The van der Waals surface area contributed by atoms with Gasteiger partial charge < -0.3 is 4.74 Å². The minimum atomic E-state index is -0.343. The lowest BCUT2D eigenvalue weighted by Crippen LogP contribution is -2.33. The predicted octanol–water partition coefficient (Wildman–Crippen LogP) is 4.71. The van der Waals surface area contributed by atoms with E-state index in [1.807, 2.05) is 12.1 Å². The van der Waals surface area contributed by atoms with Crippen molar-refractivity contribution in [3.05, 3.63) is 29.3 Å². The van der Waals surface area contributed by atoms with Gasteiger partial charge in [-0.2, -0.15) is 0 Å². The molecule has 2 bridgehead atoms. The maximum absolute atomic E-state index is 12.1. The van der Waals surface area contributed by atoms with E-state index in [1.165, 1.54) is 25.7 Å². The molecule has 3 aliphatic rings. The number of amides is 1. The van der Waals surface area contributed by atoms with Gasteiger partial charge in [0.1, 0.15) is 6.10 Å². The van der Waals surface area contributed by atoms with Gasteiger partial charge in [-0.25, -0.2) is 4.79 Å². The number of hydrogen-bond acceptors (Lipinski definition) is 2. The monoisotopic (exact) mass is 305 g/mol. The molecule has 5 atom stereocenters. The van der Waals surface area contributed by atoms with E-state index in [9.17, 15) is 4.79 Å². The molecule has 4 heteroatoms. The summed E-state index contributed by atoms with van der Waals surface area (Å²) in [7, 11) is 0. The van der Waals surface area contributed by atoms with Crippen LogP contribution in [0.3, 0.4) is 0 Å². The van der Waals surface area contributed by atoms with Crippen LogP contribution in [0.4, 0.5) is 10.5 Å². The second-order valence-electron chi connectivity index (χ2n) is 6.73. The number of nitrogens with one attached hydrogen (secondary N) is 1. The normalized spacial score (nSPS) is 36.5. The topological polar surface area (TPSA) is 38.3 Å². The highest BCUT2D eigenvalue weighted by Crippen LogP contribution is 2.59. The molecule has 3 nitrogen and oxygen atoms in total. The standard InChI is InChI=1S/C17H20ClNO2/c18-11-3-1-4-12(9-11)19-17(20)21-16-8-10-7-15(16)14-6-2-5-13(10)14/h1,3-4,9-10,13-16H,2,5-8H2,(H,19,20)/t10-,13-,14+,15+,16+/m0/s1. The van der Waals surface area contributed by atoms with E-state index in [4.69, 9.17) is 16.3 Å². The van der Waals surface area contributed by atoms with Crippen molar-refractivity contribution in [2.24, 2.45) is 23.7 Å².